The molecule has 1 aliphatic rings. The number of carbonyl (C=O) groups excluding carboxylic acids is 2. The fraction of sp³-hybridized carbons (Fsp3) is 0.500. The monoisotopic (exact) mass is 289 g/mol. The quantitative estimate of drug-likeness (QED) is 0.729. The third-order valence-corrected chi connectivity index (χ3v) is 3.93. The smallest absolute Gasteiger partial charge is 0.251 e. The molecule has 5 heteroatoms. The molecule has 1 atom stereocenters. The number of rotatable bonds is 6. The van der Waals surface area contributed by atoms with Crippen LogP contribution in [-0.4, -0.2) is 31.4 Å². The third-order valence-electron chi connectivity index (χ3n) is 3.93. The minimum atomic E-state index is -0.0837. The van der Waals surface area contributed by atoms with Crippen LogP contribution >= 0.6 is 0 Å². The zero-order valence-corrected chi connectivity index (χ0v) is 12.6. The van der Waals surface area contributed by atoms with Crippen molar-refractivity contribution in [3.8, 4) is 0 Å². The molecule has 0 spiro atoms. The first kappa shape index (κ1) is 15.5. The van der Waals surface area contributed by atoms with Crippen LogP contribution in [0.3, 0.4) is 0 Å². The van der Waals surface area contributed by atoms with Crippen molar-refractivity contribution in [3.63, 3.8) is 0 Å². The van der Waals surface area contributed by atoms with E-state index in [0.717, 1.165) is 18.7 Å². The Kier molecular flexibility index (Phi) is 5.33. The molecule has 2 amide bonds. The van der Waals surface area contributed by atoms with E-state index in [0.29, 0.717) is 24.6 Å². The highest BCUT2D eigenvalue weighted by Crippen LogP contribution is 2.16. The first-order valence-corrected chi connectivity index (χ1v) is 7.47. The summed E-state index contributed by atoms with van der Waals surface area (Å²) in [6.07, 6.45) is 0. The van der Waals surface area contributed by atoms with Gasteiger partial charge >= 0.3 is 0 Å². The van der Waals surface area contributed by atoms with Crippen LogP contribution in [0.5, 0.6) is 0 Å². The highest BCUT2D eigenvalue weighted by Gasteiger charge is 2.28. The van der Waals surface area contributed by atoms with Crippen LogP contribution < -0.4 is 16.0 Å². The summed E-state index contributed by atoms with van der Waals surface area (Å²) in [4.78, 5) is 23.8. The minimum absolute atomic E-state index is 0.0258. The van der Waals surface area contributed by atoms with Crippen LogP contribution in [0.2, 0.25) is 0 Å². The summed E-state index contributed by atoms with van der Waals surface area (Å²) in [5, 5.41) is 8.89. The molecule has 1 aromatic carbocycles. The fourth-order valence-electron chi connectivity index (χ4n) is 2.31. The summed E-state index contributed by atoms with van der Waals surface area (Å²) in [6.45, 7) is 6.75. The molecular weight excluding hydrogens is 266 g/mol. The molecule has 0 saturated carbocycles. The molecule has 0 aliphatic carbocycles. The Labute approximate surface area is 125 Å². The van der Waals surface area contributed by atoms with Crippen LogP contribution in [-0.2, 0) is 11.3 Å². The molecule has 0 bridgehead atoms. The van der Waals surface area contributed by atoms with Crippen LogP contribution in [0.25, 0.3) is 0 Å². The second kappa shape index (κ2) is 7.22. The molecule has 1 aromatic rings. The van der Waals surface area contributed by atoms with E-state index in [1.807, 2.05) is 32.0 Å². The van der Waals surface area contributed by atoms with Crippen molar-refractivity contribution in [1.29, 1.82) is 0 Å². The van der Waals surface area contributed by atoms with E-state index in [1.54, 1.807) is 6.07 Å². The molecule has 1 unspecified atom stereocenters. The van der Waals surface area contributed by atoms with Gasteiger partial charge in [-0.05, 0) is 43.6 Å². The molecule has 0 aromatic heterocycles. The van der Waals surface area contributed by atoms with Crippen molar-refractivity contribution < 1.29 is 9.59 Å². The van der Waals surface area contributed by atoms with E-state index in [1.165, 1.54) is 0 Å². The molecular formula is C16H23N3O2. The lowest BCUT2D eigenvalue weighted by molar-refractivity contribution is -0.126. The second-order valence-electron chi connectivity index (χ2n) is 5.48. The van der Waals surface area contributed by atoms with Crippen molar-refractivity contribution in [3.05, 3.63) is 35.4 Å². The Bertz CT molecular complexity index is 512. The average Bonchev–Trinajstić information content (AvgIpc) is 2.43. The highest BCUT2D eigenvalue weighted by atomic mass is 16.2. The van der Waals surface area contributed by atoms with Gasteiger partial charge in [0.1, 0.15) is 0 Å². The van der Waals surface area contributed by atoms with Crippen molar-refractivity contribution in [1.82, 2.24) is 16.0 Å². The largest absolute Gasteiger partial charge is 0.352 e. The van der Waals surface area contributed by atoms with Gasteiger partial charge in [-0.2, -0.15) is 0 Å². The first-order valence-electron chi connectivity index (χ1n) is 7.47. The van der Waals surface area contributed by atoms with E-state index < -0.39 is 0 Å². The second-order valence-corrected chi connectivity index (χ2v) is 5.48. The molecule has 1 fully saturated rings. The van der Waals surface area contributed by atoms with Crippen LogP contribution in [0.15, 0.2) is 24.3 Å². The predicted molar refractivity (Wildman–Crippen MR) is 81.8 cm³/mol. The summed E-state index contributed by atoms with van der Waals surface area (Å²) in [6, 6.07) is 7.35. The zero-order chi connectivity index (χ0) is 15.2. The van der Waals surface area contributed by atoms with Crippen molar-refractivity contribution in [2.75, 3.05) is 19.6 Å². The highest BCUT2D eigenvalue weighted by molar-refractivity contribution is 5.94. The van der Waals surface area contributed by atoms with E-state index >= 15 is 0 Å². The standard InChI is InChI=1S/C16H23N3O2/c1-3-18-16(21)13-6-4-5-12(7-13)8-19-15(20)11(2)14-9-17-10-14/h4-7,11,14,17H,3,8-10H2,1-2H3,(H,18,21)(H,19,20). The minimum Gasteiger partial charge on any atom is -0.352 e. The van der Waals surface area contributed by atoms with Crippen LogP contribution in [0, 0.1) is 11.8 Å². The summed E-state index contributed by atoms with van der Waals surface area (Å²) < 4.78 is 0. The van der Waals surface area contributed by atoms with Gasteiger partial charge in [-0.3, -0.25) is 9.59 Å². The zero-order valence-electron chi connectivity index (χ0n) is 12.6. The SMILES string of the molecule is CCNC(=O)c1cccc(CNC(=O)C(C)C2CNC2)c1. The van der Waals surface area contributed by atoms with Gasteiger partial charge in [0.2, 0.25) is 5.91 Å². The van der Waals surface area contributed by atoms with Gasteiger partial charge < -0.3 is 16.0 Å². The lowest BCUT2D eigenvalue weighted by atomic mass is 9.88. The molecule has 3 N–H and O–H groups in total. The summed E-state index contributed by atoms with van der Waals surface area (Å²) in [5.41, 5.74) is 1.56. The Balaban J connectivity index is 1.89. The molecule has 1 heterocycles. The van der Waals surface area contributed by atoms with Crippen molar-refractivity contribution in [2.45, 2.75) is 20.4 Å². The average molecular weight is 289 g/mol. The molecule has 114 valence electrons. The number of benzene rings is 1. The fourth-order valence-corrected chi connectivity index (χ4v) is 2.31. The lowest BCUT2D eigenvalue weighted by Gasteiger charge is -2.31. The summed E-state index contributed by atoms with van der Waals surface area (Å²) in [5.74, 6) is 0.453. The van der Waals surface area contributed by atoms with Crippen molar-refractivity contribution >= 4 is 11.8 Å². The molecule has 21 heavy (non-hydrogen) atoms. The topological polar surface area (TPSA) is 70.2 Å². The lowest BCUT2D eigenvalue weighted by Crippen LogP contribution is -2.49. The van der Waals surface area contributed by atoms with Gasteiger partial charge in [0.05, 0.1) is 0 Å². The van der Waals surface area contributed by atoms with Gasteiger partial charge in [0, 0.05) is 24.6 Å². The van der Waals surface area contributed by atoms with Crippen LogP contribution in [0.4, 0.5) is 0 Å². The Morgan fingerprint density at radius 1 is 1.33 bits per heavy atom. The van der Waals surface area contributed by atoms with Crippen molar-refractivity contribution in [2.24, 2.45) is 11.8 Å². The number of amides is 2. The molecule has 1 aliphatic heterocycles. The predicted octanol–water partition coefficient (Wildman–Crippen LogP) is 0.908. The van der Waals surface area contributed by atoms with E-state index in [9.17, 15) is 9.59 Å². The number of nitrogens with one attached hydrogen (secondary N) is 3. The van der Waals surface area contributed by atoms with E-state index in [-0.39, 0.29) is 17.7 Å². The molecule has 1 saturated heterocycles. The van der Waals surface area contributed by atoms with Crippen LogP contribution in [0.1, 0.15) is 29.8 Å². The molecule has 5 nitrogen and oxygen atoms in total. The Morgan fingerprint density at radius 3 is 2.71 bits per heavy atom. The Hall–Kier alpha value is -1.88. The molecule has 2 rings (SSSR count). The number of carbonyl (C=O) groups is 2. The van der Waals surface area contributed by atoms with Gasteiger partial charge in [0.15, 0.2) is 0 Å². The van der Waals surface area contributed by atoms with Gasteiger partial charge in [-0.25, -0.2) is 0 Å². The third kappa shape index (κ3) is 4.04. The number of hydrogen-bond donors (Lipinski definition) is 3. The van der Waals surface area contributed by atoms with Gasteiger partial charge in [0.25, 0.3) is 5.91 Å². The summed E-state index contributed by atoms with van der Waals surface area (Å²) >= 11 is 0. The van der Waals surface area contributed by atoms with E-state index in [4.69, 9.17) is 0 Å². The summed E-state index contributed by atoms with van der Waals surface area (Å²) in [7, 11) is 0. The Morgan fingerprint density at radius 2 is 2.10 bits per heavy atom. The van der Waals surface area contributed by atoms with Gasteiger partial charge in [-0.15, -0.1) is 0 Å². The maximum Gasteiger partial charge on any atom is 0.251 e. The molecule has 0 radical (unpaired) electrons. The normalized spacial score (nSPS) is 15.9. The maximum atomic E-state index is 12.1. The number of hydrogen-bond acceptors (Lipinski definition) is 3. The van der Waals surface area contributed by atoms with Gasteiger partial charge in [-0.1, -0.05) is 19.1 Å². The van der Waals surface area contributed by atoms with E-state index in [2.05, 4.69) is 16.0 Å². The first-order chi connectivity index (χ1) is 10.1. The maximum absolute atomic E-state index is 12.1.